The van der Waals surface area contributed by atoms with Crippen molar-refractivity contribution in [2.45, 2.75) is 0 Å². The van der Waals surface area contributed by atoms with Crippen LogP contribution in [-0.2, 0) is 19.5 Å². The summed E-state index contributed by atoms with van der Waals surface area (Å²) in [5, 5.41) is 16.8. The first-order valence-corrected chi connectivity index (χ1v) is 14.1. The van der Waals surface area contributed by atoms with Gasteiger partial charge in [-0.15, -0.1) is 0 Å². The third-order valence-corrected chi connectivity index (χ3v) is 7.33. The maximum absolute atomic E-state index is 11.0. The Morgan fingerprint density at radius 3 is 1.09 bits per heavy atom. The molecule has 0 radical (unpaired) electrons. The predicted octanol–water partition coefficient (Wildman–Crippen LogP) is 8.25. The Hall–Kier alpha value is -5.86. The number of benzene rings is 3. The van der Waals surface area contributed by atoms with E-state index in [1.165, 1.54) is 6.07 Å². The number of hydrogen-bond acceptors (Lipinski definition) is 8. The van der Waals surface area contributed by atoms with E-state index in [-0.39, 0.29) is 25.2 Å². The van der Waals surface area contributed by atoms with E-state index in [1.54, 1.807) is 61.4 Å². The number of pyridine rings is 6. The average molecular weight is 687 g/mol. The molecule has 222 valence electrons. The van der Waals surface area contributed by atoms with Crippen LogP contribution in [-0.4, -0.2) is 34.8 Å². The molecular formula is C36H23N7O2Ru. The van der Waals surface area contributed by atoms with Crippen molar-refractivity contribution in [3.05, 3.63) is 150 Å². The monoisotopic (exact) mass is 687 g/mol. The molecular weight excluding hydrogens is 664 g/mol. The fourth-order valence-electron chi connectivity index (χ4n) is 5.27. The molecule has 0 aliphatic rings. The first-order valence-electron chi connectivity index (χ1n) is 14.1. The van der Waals surface area contributed by atoms with Crippen LogP contribution in [0, 0.1) is 10.1 Å². The molecule has 6 heterocycles. The molecule has 9 aromatic rings. The van der Waals surface area contributed by atoms with E-state index in [0.717, 1.165) is 49.0 Å². The molecule has 0 N–H and O–H groups in total. The number of non-ortho nitro benzene ring substituents is 1. The first kappa shape index (κ1) is 30.2. The molecule has 0 aliphatic carbocycles. The number of nitro groups is 1. The molecule has 6 aromatic heterocycles. The normalized spacial score (nSPS) is 10.6. The summed E-state index contributed by atoms with van der Waals surface area (Å²) in [4.78, 5) is 36.4. The Morgan fingerprint density at radius 1 is 0.413 bits per heavy atom. The van der Waals surface area contributed by atoms with Crippen LogP contribution in [0.25, 0.3) is 65.4 Å². The molecule has 0 saturated heterocycles. The fraction of sp³-hybridized carbons (Fsp3) is 0. The summed E-state index contributed by atoms with van der Waals surface area (Å²) in [6.45, 7) is 0. The summed E-state index contributed by atoms with van der Waals surface area (Å²) in [5.41, 5.74) is 5.23. The minimum atomic E-state index is -0.392. The minimum Gasteiger partial charge on any atom is -0.258 e. The Bertz CT molecular complexity index is 2290. The maximum Gasteiger partial charge on any atom is 0.279 e. The Labute approximate surface area is 275 Å². The summed E-state index contributed by atoms with van der Waals surface area (Å²) in [6.07, 6.45) is 10.5. The van der Waals surface area contributed by atoms with Gasteiger partial charge in [0, 0.05) is 89.7 Å². The fourth-order valence-corrected chi connectivity index (χ4v) is 5.27. The maximum atomic E-state index is 11.0. The standard InChI is InChI=1S/C12H7N3O2.2C12H8N2.Ru/c16-15(17)10-7-8-3-1-5-13-11(8)12-9(10)4-2-6-14-12;2*1-3-9-5-6-10-4-2-8-14-12(10)11(9)13-7-1;/h1-7H;2*1-8H;. The topological polar surface area (TPSA) is 120 Å². The smallest absolute Gasteiger partial charge is 0.258 e. The number of aromatic nitrogens is 6. The minimum absolute atomic E-state index is 0. The van der Waals surface area contributed by atoms with E-state index in [1.807, 2.05) is 24.3 Å². The molecule has 9 rings (SSSR count). The zero-order chi connectivity index (χ0) is 30.6. The van der Waals surface area contributed by atoms with Crippen LogP contribution < -0.4 is 0 Å². The molecule has 10 heteroatoms. The number of nitro benzene ring substituents is 1. The molecule has 0 atom stereocenters. The van der Waals surface area contributed by atoms with Crippen LogP contribution in [0.15, 0.2) is 140 Å². The summed E-state index contributed by atoms with van der Waals surface area (Å²) in [5.74, 6) is 0. The second kappa shape index (κ2) is 13.4. The molecule has 0 bridgehead atoms. The van der Waals surface area contributed by atoms with Crippen LogP contribution in [0.4, 0.5) is 5.69 Å². The van der Waals surface area contributed by atoms with Gasteiger partial charge in [0.15, 0.2) is 0 Å². The van der Waals surface area contributed by atoms with Crippen molar-refractivity contribution >= 4 is 71.1 Å². The van der Waals surface area contributed by atoms with E-state index in [4.69, 9.17) is 0 Å². The molecule has 9 nitrogen and oxygen atoms in total. The number of rotatable bonds is 1. The molecule has 0 unspecified atom stereocenters. The Balaban J connectivity index is 0.000000121. The van der Waals surface area contributed by atoms with E-state index in [9.17, 15) is 10.1 Å². The molecule has 46 heavy (non-hydrogen) atoms. The van der Waals surface area contributed by atoms with Gasteiger partial charge >= 0.3 is 0 Å². The van der Waals surface area contributed by atoms with Gasteiger partial charge in [0.25, 0.3) is 5.69 Å². The van der Waals surface area contributed by atoms with Crippen LogP contribution >= 0.6 is 0 Å². The third kappa shape index (κ3) is 5.94. The van der Waals surface area contributed by atoms with Gasteiger partial charge in [-0.2, -0.15) is 0 Å². The number of hydrogen-bond donors (Lipinski definition) is 0. The van der Waals surface area contributed by atoms with Crippen molar-refractivity contribution in [2.24, 2.45) is 0 Å². The molecule has 0 amide bonds. The molecule has 0 spiro atoms. The largest absolute Gasteiger partial charge is 0.279 e. The summed E-state index contributed by atoms with van der Waals surface area (Å²) in [7, 11) is 0. The van der Waals surface area contributed by atoms with Gasteiger partial charge in [-0.25, -0.2) is 0 Å². The van der Waals surface area contributed by atoms with Crippen molar-refractivity contribution in [1.82, 2.24) is 29.9 Å². The van der Waals surface area contributed by atoms with Crippen molar-refractivity contribution in [3.8, 4) is 0 Å². The third-order valence-electron chi connectivity index (χ3n) is 7.33. The molecule has 0 aliphatic heterocycles. The molecule has 0 saturated carbocycles. The van der Waals surface area contributed by atoms with Crippen molar-refractivity contribution in [3.63, 3.8) is 0 Å². The van der Waals surface area contributed by atoms with Crippen molar-refractivity contribution in [2.75, 3.05) is 0 Å². The Morgan fingerprint density at radius 2 is 0.717 bits per heavy atom. The van der Waals surface area contributed by atoms with E-state index < -0.39 is 4.92 Å². The van der Waals surface area contributed by atoms with Crippen molar-refractivity contribution < 1.29 is 24.4 Å². The van der Waals surface area contributed by atoms with E-state index in [2.05, 4.69) is 78.4 Å². The SMILES string of the molecule is O=[N+]([O-])c1cc2cccnc2c2ncccc12.[Ru].c1cnc2c(c1)ccc1cccnc12.c1cnc2c(c1)ccc1cccnc12. The second-order valence-corrected chi connectivity index (χ2v) is 10.1. The molecule has 3 aromatic carbocycles. The zero-order valence-electron chi connectivity index (χ0n) is 24.1. The van der Waals surface area contributed by atoms with Gasteiger partial charge < -0.3 is 0 Å². The number of fused-ring (bicyclic) bond motifs is 9. The van der Waals surface area contributed by atoms with Gasteiger partial charge in [0.2, 0.25) is 0 Å². The second-order valence-electron chi connectivity index (χ2n) is 10.1. The van der Waals surface area contributed by atoms with Crippen LogP contribution in [0.1, 0.15) is 0 Å². The average Bonchev–Trinajstić information content (AvgIpc) is 3.11. The molecule has 0 fully saturated rings. The number of nitrogens with zero attached hydrogens (tertiary/aromatic N) is 7. The van der Waals surface area contributed by atoms with Crippen molar-refractivity contribution in [1.29, 1.82) is 0 Å². The zero-order valence-corrected chi connectivity index (χ0v) is 25.8. The Kier molecular flexibility index (Phi) is 8.81. The predicted molar refractivity (Wildman–Crippen MR) is 178 cm³/mol. The first-order chi connectivity index (χ1) is 22.2. The summed E-state index contributed by atoms with van der Waals surface area (Å²) >= 11 is 0. The summed E-state index contributed by atoms with van der Waals surface area (Å²) in [6, 6.07) is 32.7. The summed E-state index contributed by atoms with van der Waals surface area (Å²) < 4.78 is 0. The quantitative estimate of drug-likeness (QED) is 0.0733. The van der Waals surface area contributed by atoms with Gasteiger partial charge in [0.1, 0.15) is 5.52 Å². The van der Waals surface area contributed by atoms with E-state index >= 15 is 0 Å². The van der Waals surface area contributed by atoms with Crippen LogP contribution in [0.3, 0.4) is 0 Å². The van der Waals surface area contributed by atoms with Crippen LogP contribution in [0.2, 0.25) is 0 Å². The van der Waals surface area contributed by atoms with Gasteiger partial charge in [-0.3, -0.25) is 40.0 Å². The van der Waals surface area contributed by atoms with Crippen LogP contribution in [0.5, 0.6) is 0 Å². The van der Waals surface area contributed by atoms with Gasteiger partial charge in [-0.05, 0) is 42.5 Å². The van der Waals surface area contributed by atoms with Gasteiger partial charge in [0.05, 0.1) is 37.9 Å². The van der Waals surface area contributed by atoms with Gasteiger partial charge in [-0.1, -0.05) is 54.6 Å². The van der Waals surface area contributed by atoms with E-state index in [0.29, 0.717) is 16.4 Å².